The van der Waals surface area contributed by atoms with Gasteiger partial charge in [-0.1, -0.05) is 25.1 Å². The number of aliphatic imine (C=N–C) groups is 1. The van der Waals surface area contributed by atoms with Gasteiger partial charge in [-0.15, -0.1) is 11.8 Å². The molecule has 0 saturated carbocycles. The van der Waals surface area contributed by atoms with Crippen LogP contribution in [0, 0.1) is 0 Å². The minimum Gasteiger partial charge on any atom is -0.355 e. The molecule has 2 N–H and O–H groups in total. The Bertz CT molecular complexity index is 589. The second-order valence-electron chi connectivity index (χ2n) is 5.66. The predicted molar refractivity (Wildman–Crippen MR) is 100 cm³/mol. The van der Waals surface area contributed by atoms with E-state index >= 15 is 0 Å². The fraction of sp³-hybridized carbons (Fsp3) is 0.562. The highest BCUT2D eigenvalue weighted by Gasteiger charge is 2.10. The number of thioether (sulfide) groups is 1. The van der Waals surface area contributed by atoms with Crippen LogP contribution in [0.3, 0.4) is 0 Å². The molecular formula is C16H27N3O2S2. The summed E-state index contributed by atoms with van der Waals surface area (Å²) in [5.41, 5.74) is 0. The average molecular weight is 358 g/mol. The van der Waals surface area contributed by atoms with Gasteiger partial charge < -0.3 is 10.6 Å². The highest BCUT2D eigenvalue weighted by molar-refractivity contribution is 8.00. The van der Waals surface area contributed by atoms with E-state index in [1.807, 2.05) is 25.1 Å². The zero-order chi connectivity index (χ0) is 17.3. The number of sulfone groups is 1. The third-order valence-electron chi connectivity index (χ3n) is 3.17. The largest absolute Gasteiger partial charge is 0.355 e. The van der Waals surface area contributed by atoms with E-state index in [9.17, 15) is 8.42 Å². The van der Waals surface area contributed by atoms with Crippen LogP contribution in [0.1, 0.15) is 20.3 Å². The maximum absolute atomic E-state index is 11.2. The lowest BCUT2D eigenvalue weighted by atomic mass is 10.3. The number of nitrogens with zero attached hydrogens (tertiary/aromatic N) is 1. The van der Waals surface area contributed by atoms with Crippen LogP contribution in [-0.2, 0) is 9.84 Å². The molecule has 0 aliphatic carbocycles. The second-order valence-corrected chi connectivity index (χ2v) is 9.43. The first kappa shape index (κ1) is 19.8. The van der Waals surface area contributed by atoms with Crippen molar-refractivity contribution in [1.82, 2.24) is 10.6 Å². The number of hydrogen-bond donors (Lipinski definition) is 2. The molecule has 1 aromatic rings. The summed E-state index contributed by atoms with van der Waals surface area (Å²) >= 11 is 1.80. The van der Waals surface area contributed by atoms with Crippen LogP contribution in [0.25, 0.3) is 0 Å². The Morgan fingerprint density at radius 2 is 1.91 bits per heavy atom. The topological polar surface area (TPSA) is 70.6 Å². The summed E-state index contributed by atoms with van der Waals surface area (Å²) in [5.74, 6) is 0.879. The van der Waals surface area contributed by atoms with Crippen molar-refractivity contribution in [2.45, 2.75) is 36.5 Å². The Morgan fingerprint density at radius 3 is 2.48 bits per heavy atom. The summed E-state index contributed by atoms with van der Waals surface area (Å²) in [6.07, 6.45) is 1.82. The van der Waals surface area contributed by atoms with Crippen molar-refractivity contribution in [3.05, 3.63) is 30.3 Å². The SMILES string of the molecule is CN=C(NCC(C)Sc1ccccc1)NC(C)CCS(C)(=O)=O. The molecule has 0 amide bonds. The monoisotopic (exact) mass is 357 g/mol. The number of hydrogen-bond acceptors (Lipinski definition) is 4. The minimum atomic E-state index is -2.93. The Kier molecular flexibility index (Phi) is 8.47. The lowest BCUT2D eigenvalue weighted by Gasteiger charge is -2.19. The fourth-order valence-electron chi connectivity index (χ4n) is 1.90. The number of guanidine groups is 1. The average Bonchev–Trinajstić information content (AvgIpc) is 2.49. The third kappa shape index (κ3) is 9.50. The predicted octanol–water partition coefficient (Wildman–Crippen LogP) is 2.16. The van der Waals surface area contributed by atoms with Crippen molar-refractivity contribution in [2.24, 2.45) is 4.99 Å². The van der Waals surface area contributed by atoms with Gasteiger partial charge >= 0.3 is 0 Å². The van der Waals surface area contributed by atoms with Crippen LogP contribution in [-0.4, -0.2) is 51.3 Å². The van der Waals surface area contributed by atoms with E-state index in [4.69, 9.17) is 0 Å². The molecule has 0 aliphatic rings. The molecule has 2 atom stereocenters. The molecule has 0 aliphatic heterocycles. The van der Waals surface area contributed by atoms with Gasteiger partial charge in [0.1, 0.15) is 9.84 Å². The van der Waals surface area contributed by atoms with Gasteiger partial charge in [0.2, 0.25) is 0 Å². The Labute approximate surface area is 144 Å². The zero-order valence-corrected chi connectivity index (χ0v) is 15.9. The number of rotatable bonds is 8. The molecule has 0 radical (unpaired) electrons. The van der Waals surface area contributed by atoms with Crippen LogP contribution in [0.4, 0.5) is 0 Å². The van der Waals surface area contributed by atoms with Crippen molar-refractivity contribution in [3.63, 3.8) is 0 Å². The summed E-state index contributed by atoms with van der Waals surface area (Å²) in [7, 11) is -1.21. The lowest BCUT2D eigenvalue weighted by Crippen LogP contribution is -2.44. The van der Waals surface area contributed by atoms with Gasteiger partial charge in [-0.3, -0.25) is 4.99 Å². The van der Waals surface area contributed by atoms with Crippen LogP contribution >= 0.6 is 11.8 Å². The molecule has 0 aromatic heterocycles. The van der Waals surface area contributed by atoms with Crippen LogP contribution < -0.4 is 10.6 Å². The van der Waals surface area contributed by atoms with Gasteiger partial charge in [-0.05, 0) is 25.5 Å². The van der Waals surface area contributed by atoms with E-state index in [-0.39, 0.29) is 11.8 Å². The smallest absolute Gasteiger partial charge is 0.191 e. The summed E-state index contributed by atoms with van der Waals surface area (Å²) in [5, 5.41) is 6.90. The number of nitrogens with one attached hydrogen (secondary N) is 2. The van der Waals surface area contributed by atoms with Gasteiger partial charge in [0.05, 0.1) is 5.75 Å². The molecule has 2 unspecified atom stereocenters. The highest BCUT2D eigenvalue weighted by atomic mass is 32.2. The maximum Gasteiger partial charge on any atom is 0.191 e. The molecule has 0 saturated heterocycles. The van der Waals surface area contributed by atoms with Gasteiger partial charge in [0.15, 0.2) is 5.96 Å². The van der Waals surface area contributed by atoms with E-state index in [1.54, 1.807) is 18.8 Å². The van der Waals surface area contributed by atoms with Gasteiger partial charge in [0, 0.05) is 36.0 Å². The molecule has 1 rings (SSSR count). The summed E-state index contributed by atoms with van der Waals surface area (Å²) in [4.78, 5) is 5.43. The van der Waals surface area contributed by atoms with Crippen molar-refractivity contribution in [2.75, 3.05) is 25.6 Å². The molecule has 1 aromatic carbocycles. The summed E-state index contributed by atoms with van der Waals surface area (Å²) in [6, 6.07) is 10.3. The Hall–Kier alpha value is -1.21. The number of benzene rings is 1. The first-order chi connectivity index (χ1) is 10.8. The fourth-order valence-corrected chi connectivity index (χ4v) is 3.63. The molecule has 7 heteroatoms. The summed E-state index contributed by atoms with van der Waals surface area (Å²) < 4.78 is 22.4. The van der Waals surface area contributed by atoms with Crippen molar-refractivity contribution >= 4 is 27.6 Å². The molecule has 0 spiro atoms. The van der Waals surface area contributed by atoms with Gasteiger partial charge in [-0.25, -0.2) is 8.42 Å². The van der Waals surface area contributed by atoms with Gasteiger partial charge in [0.25, 0.3) is 0 Å². The standard InChI is InChI=1S/C16H27N3O2S2/c1-13(10-11-23(4,20)21)19-16(17-3)18-12-14(2)22-15-8-6-5-7-9-15/h5-9,13-14H,10-12H2,1-4H3,(H2,17,18,19). The molecule has 0 heterocycles. The van der Waals surface area contributed by atoms with E-state index in [2.05, 4.69) is 34.7 Å². The zero-order valence-electron chi connectivity index (χ0n) is 14.2. The van der Waals surface area contributed by atoms with E-state index in [0.717, 1.165) is 6.54 Å². The Morgan fingerprint density at radius 1 is 1.26 bits per heavy atom. The van der Waals surface area contributed by atoms with Crippen molar-refractivity contribution < 1.29 is 8.42 Å². The Balaban J connectivity index is 2.36. The molecular weight excluding hydrogens is 330 g/mol. The van der Waals surface area contributed by atoms with E-state index in [0.29, 0.717) is 17.6 Å². The van der Waals surface area contributed by atoms with E-state index < -0.39 is 9.84 Å². The molecule has 5 nitrogen and oxygen atoms in total. The van der Waals surface area contributed by atoms with Crippen LogP contribution in [0.2, 0.25) is 0 Å². The second kappa shape index (κ2) is 9.82. The maximum atomic E-state index is 11.2. The molecule has 23 heavy (non-hydrogen) atoms. The first-order valence-corrected chi connectivity index (χ1v) is 10.6. The van der Waals surface area contributed by atoms with Crippen molar-refractivity contribution in [3.8, 4) is 0 Å². The van der Waals surface area contributed by atoms with E-state index in [1.165, 1.54) is 11.2 Å². The highest BCUT2D eigenvalue weighted by Crippen LogP contribution is 2.21. The normalized spacial score (nSPS) is 15.0. The first-order valence-electron chi connectivity index (χ1n) is 7.67. The molecule has 0 bridgehead atoms. The molecule has 0 fully saturated rings. The quantitative estimate of drug-likeness (QED) is 0.424. The van der Waals surface area contributed by atoms with Crippen molar-refractivity contribution in [1.29, 1.82) is 0 Å². The van der Waals surface area contributed by atoms with Gasteiger partial charge in [-0.2, -0.15) is 0 Å². The van der Waals surface area contributed by atoms with Crippen LogP contribution in [0.5, 0.6) is 0 Å². The lowest BCUT2D eigenvalue weighted by molar-refractivity contribution is 0.581. The summed E-state index contributed by atoms with van der Waals surface area (Å²) in [6.45, 7) is 4.89. The minimum absolute atomic E-state index is 0.0491. The van der Waals surface area contributed by atoms with Crippen LogP contribution in [0.15, 0.2) is 40.2 Å². The third-order valence-corrected chi connectivity index (χ3v) is 5.26. The molecule has 130 valence electrons.